The Kier molecular flexibility index (Phi) is 4.94. The molecule has 0 saturated heterocycles. The number of carbonyl (C=O) groups excluding carboxylic acids is 1. The lowest BCUT2D eigenvalue weighted by atomic mass is 9.92. The molecule has 0 aromatic heterocycles. The molecule has 4 nitrogen and oxygen atoms in total. The summed E-state index contributed by atoms with van der Waals surface area (Å²) in [6, 6.07) is 16.2. The maximum atomic E-state index is 13.4. The third-order valence-corrected chi connectivity index (χ3v) is 5.00. The number of ether oxygens (including phenoxy) is 3. The average Bonchev–Trinajstić information content (AvgIpc) is 2.66. The molecule has 2 heterocycles. The van der Waals surface area contributed by atoms with E-state index in [-0.39, 0.29) is 11.9 Å². The van der Waals surface area contributed by atoms with E-state index < -0.39 is 17.9 Å². The highest BCUT2D eigenvalue weighted by atomic mass is 19.1. The van der Waals surface area contributed by atoms with Gasteiger partial charge in [0.15, 0.2) is 0 Å². The predicted molar refractivity (Wildman–Crippen MR) is 102 cm³/mol. The van der Waals surface area contributed by atoms with Crippen LogP contribution in [0.15, 0.2) is 65.9 Å². The van der Waals surface area contributed by atoms with E-state index in [9.17, 15) is 9.18 Å². The van der Waals surface area contributed by atoms with Crippen LogP contribution in [0.1, 0.15) is 43.9 Å². The molecule has 0 unspecified atom stereocenters. The number of benzene rings is 2. The lowest BCUT2D eigenvalue weighted by molar-refractivity contribution is -0.217. The van der Waals surface area contributed by atoms with Gasteiger partial charge in [-0.15, -0.1) is 0 Å². The largest absolute Gasteiger partial charge is 0.456 e. The molecule has 2 aliphatic heterocycles. The minimum absolute atomic E-state index is 0.115. The minimum atomic E-state index is -1.01. The molecule has 0 radical (unpaired) electrons. The van der Waals surface area contributed by atoms with Crippen LogP contribution in [-0.4, -0.2) is 17.9 Å². The first-order valence-electron chi connectivity index (χ1n) is 9.51. The molecular formula is C23H23FO4. The summed E-state index contributed by atoms with van der Waals surface area (Å²) in [5.41, 5.74) is 2.31. The SMILES string of the molecule is CC1(C)OC(=O)C2=C(C[C@@H](CCc3ccccc3)O[C@@H]2c2ccc(F)cc2)O1. The Labute approximate surface area is 163 Å². The van der Waals surface area contributed by atoms with Crippen molar-refractivity contribution in [2.45, 2.75) is 51.1 Å². The summed E-state index contributed by atoms with van der Waals surface area (Å²) in [5.74, 6) is -1.18. The van der Waals surface area contributed by atoms with Gasteiger partial charge < -0.3 is 14.2 Å². The van der Waals surface area contributed by atoms with Crippen molar-refractivity contribution in [3.05, 3.63) is 82.9 Å². The van der Waals surface area contributed by atoms with E-state index in [0.717, 1.165) is 12.8 Å². The maximum Gasteiger partial charge on any atom is 0.343 e. The summed E-state index contributed by atoms with van der Waals surface area (Å²) in [5, 5.41) is 0. The van der Waals surface area contributed by atoms with Gasteiger partial charge in [-0.05, 0) is 36.1 Å². The first-order chi connectivity index (χ1) is 13.4. The van der Waals surface area contributed by atoms with Crippen LogP contribution >= 0.6 is 0 Å². The van der Waals surface area contributed by atoms with Gasteiger partial charge in [-0.25, -0.2) is 9.18 Å². The second-order valence-electron chi connectivity index (χ2n) is 7.65. The predicted octanol–water partition coefficient (Wildman–Crippen LogP) is 4.85. The Balaban J connectivity index is 1.62. The Bertz CT molecular complexity index is 887. The van der Waals surface area contributed by atoms with Crippen LogP contribution < -0.4 is 0 Å². The zero-order valence-corrected chi connectivity index (χ0v) is 16.0. The van der Waals surface area contributed by atoms with E-state index in [1.54, 1.807) is 26.0 Å². The molecule has 2 aliphatic rings. The Hall–Kier alpha value is -2.66. The van der Waals surface area contributed by atoms with Crippen LogP contribution in [0.25, 0.3) is 0 Å². The van der Waals surface area contributed by atoms with Crippen LogP contribution in [0.3, 0.4) is 0 Å². The molecule has 0 N–H and O–H groups in total. The van der Waals surface area contributed by atoms with Gasteiger partial charge in [-0.3, -0.25) is 0 Å². The standard InChI is InChI=1S/C23H23FO4/c1-23(2)27-19-14-18(13-8-15-6-4-3-5-7-15)26-21(20(19)22(25)28-23)16-9-11-17(24)12-10-16/h3-7,9-12,18,21H,8,13-14H2,1-2H3/t18-,21-/m1/s1. The number of rotatable bonds is 4. The van der Waals surface area contributed by atoms with Gasteiger partial charge in [0.05, 0.1) is 6.10 Å². The summed E-state index contributed by atoms with van der Waals surface area (Å²) in [4.78, 5) is 12.7. The Morgan fingerprint density at radius 1 is 1.04 bits per heavy atom. The van der Waals surface area contributed by atoms with Crippen LogP contribution in [0.4, 0.5) is 4.39 Å². The first-order valence-corrected chi connectivity index (χ1v) is 9.51. The highest BCUT2D eigenvalue weighted by Crippen LogP contribution is 2.43. The number of hydrogen-bond donors (Lipinski definition) is 0. The van der Waals surface area contributed by atoms with Crippen LogP contribution in [0, 0.1) is 5.82 Å². The van der Waals surface area contributed by atoms with E-state index >= 15 is 0 Å². The molecule has 0 spiro atoms. The molecule has 0 saturated carbocycles. The fraction of sp³-hybridized carbons (Fsp3) is 0.348. The molecule has 2 aromatic rings. The molecular weight excluding hydrogens is 359 g/mol. The summed E-state index contributed by atoms with van der Waals surface area (Å²) >= 11 is 0. The topological polar surface area (TPSA) is 44.8 Å². The Morgan fingerprint density at radius 2 is 1.75 bits per heavy atom. The maximum absolute atomic E-state index is 13.4. The molecule has 0 amide bonds. The lowest BCUT2D eigenvalue weighted by Crippen LogP contribution is -2.42. The molecule has 2 atom stereocenters. The molecule has 5 heteroatoms. The van der Waals surface area contributed by atoms with Crippen LogP contribution in [0.2, 0.25) is 0 Å². The zero-order chi connectivity index (χ0) is 19.7. The second kappa shape index (κ2) is 7.40. The fourth-order valence-electron chi connectivity index (χ4n) is 3.71. The lowest BCUT2D eigenvalue weighted by Gasteiger charge is -2.40. The normalized spacial score (nSPS) is 23.6. The van der Waals surface area contributed by atoms with Crippen molar-refractivity contribution in [1.29, 1.82) is 0 Å². The van der Waals surface area contributed by atoms with Crippen molar-refractivity contribution in [2.75, 3.05) is 0 Å². The molecule has 4 rings (SSSR count). The quantitative estimate of drug-likeness (QED) is 0.709. The van der Waals surface area contributed by atoms with Gasteiger partial charge in [0.2, 0.25) is 5.79 Å². The minimum Gasteiger partial charge on any atom is -0.456 e. The van der Waals surface area contributed by atoms with Crippen molar-refractivity contribution in [3.8, 4) is 0 Å². The highest BCUT2D eigenvalue weighted by molar-refractivity contribution is 5.91. The molecule has 2 aromatic carbocycles. The van der Waals surface area contributed by atoms with E-state index in [1.165, 1.54) is 17.7 Å². The highest BCUT2D eigenvalue weighted by Gasteiger charge is 2.44. The molecule has 0 bridgehead atoms. The monoisotopic (exact) mass is 382 g/mol. The summed E-state index contributed by atoms with van der Waals surface area (Å²) < 4.78 is 31.1. The first kappa shape index (κ1) is 18.7. The summed E-state index contributed by atoms with van der Waals surface area (Å²) in [6.45, 7) is 3.44. The number of halogens is 1. The third-order valence-electron chi connectivity index (χ3n) is 5.00. The number of hydrogen-bond acceptors (Lipinski definition) is 4. The van der Waals surface area contributed by atoms with Crippen molar-refractivity contribution in [3.63, 3.8) is 0 Å². The van der Waals surface area contributed by atoms with Gasteiger partial charge in [-0.1, -0.05) is 42.5 Å². The van der Waals surface area contributed by atoms with Crippen LogP contribution in [0.5, 0.6) is 0 Å². The number of cyclic esters (lactones) is 1. The summed E-state index contributed by atoms with van der Waals surface area (Å²) in [6.07, 6.45) is 1.41. The van der Waals surface area contributed by atoms with E-state index in [4.69, 9.17) is 14.2 Å². The summed E-state index contributed by atoms with van der Waals surface area (Å²) in [7, 11) is 0. The van der Waals surface area contributed by atoms with E-state index in [2.05, 4.69) is 12.1 Å². The molecule has 28 heavy (non-hydrogen) atoms. The van der Waals surface area contributed by atoms with Crippen LogP contribution in [-0.2, 0) is 25.4 Å². The van der Waals surface area contributed by atoms with Crippen molar-refractivity contribution < 1.29 is 23.4 Å². The number of aryl methyl sites for hydroxylation is 1. The second-order valence-corrected chi connectivity index (χ2v) is 7.65. The van der Waals surface area contributed by atoms with E-state index in [0.29, 0.717) is 23.3 Å². The van der Waals surface area contributed by atoms with Crippen molar-refractivity contribution in [1.82, 2.24) is 0 Å². The molecule has 0 fully saturated rings. The van der Waals surface area contributed by atoms with Gasteiger partial charge in [0.1, 0.15) is 23.3 Å². The van der Waals surface area contributed by atoms with Crippen molar-refractivity contribution in [2.24, 2.45) is 0 Å². The Morgan fingerprint density at radius 3 is 2.46 bits per heavy atom. The van der Waals surface area contributed by atoms with Gasteiger partial charge in [-0.2, -0.15) is 0 Å². The van der Waals surface area contributed by atoms with Gasteiger partial charge in [0, 0.05) is 20.3 Å². The smallest absolute Gasteiger partial charge is 0.343 e. The molecule has 0 aliphatic carbocycles. The third kappa shape index (κ3) is 3.94. The zero-order valence-electron chi connectivity index (χ0n) is 16.0. The molecule has 146 valence electrons. The van der Waals surface area contributed by atoms with Gasteiger partial charge in [0.25, 0.3) is 0 Å². The van der Waals surface area contributed by atoms with Gasteiger partial charge >= 0.3 is 5.97 Å². The number of esters is 1. The fourth-order valence-corrected chi connectivity index (χ4v) is 3.71. The van der Waals surface area contributed by atoms with Crippen molar-refractivity contribution >= 4 is 5.97 Å². The average molecular weight is 382 g/mol. The number of carbonyl (C=O) groups is 1. The van der Waals surface area contributed by atoms with E-state index in [1.807, 2.05) is 18.2 Å².